The topological polar surface area (TPSA) is 87.0 Å². The summed E-state index contributed by atoms with van der Waals surface area (Å²) in [6.07, 6.45) is 6.01. The number of benzene rings is 3. The van der Waals surface area contributed by atoms with Crippen LogP contribution < -0.4 is 15.9 Å². The highest BCUT2D eigenvalue weighted by Gasteiger charge is 2.65. The monoisotopic (exact) mass is 669 g/mol. The van der Waals surface area contributed by atoms with Crippen LogP contribution in [0.15, 0.2) is 91.0 Å². The summed E-state index contributed by atoms with van der Waals surface area (Å²) >= 11 is 0. The molecule has 0 amide bonds. The minimum Gasteiger partial charge on any atom is -0.393 e. The first-order valence-electron chi connectivity index (χ1n) is 18.4. The Hall–Kier alpha value is -2.56. The van der Waals surface area contributed by atoms with E-state index >= 15 is 0 Å². The van der Waals surface area contributed by atoms with Gasteiger partial charge in [0.1, 0.15) is 15.9 Å². The second-order valence-electron chi connectivity index (χ2n) is 16.1. The summed E-state index contributed by atoms with van der Waals surface area (Å²) in [5, 5.41) is 37.2. The highest BCUT2D eigenvalue weighted by Crippen LogP contribution is 2.68. The molecule has 256 valence electrons. The van der Waals surface area contributed by atoms with Gasteiger partial charge >= 0.3 is 5.97 Å². The van der Waals surface area contributed by atoms with Crippen molar-refractivity contribution >= 4 is 29.4 Å². The molecule has 5 nitrogen and oxygen atoms in total. The predicted molar refractivity (Wildman–Crippen MR) is 194 cm³/mol. The van der Waals surface area contributed by atoms with E-state index in [0.29, 0.717) is 18.8 Å². The number of rotatable bonds is 8. The number of hydrogen-bond acceptors (Lipinski definition) is 5. The molecular weight excluding hydrogens is 615 g/mol. The molecule has 4 saturated carbocycles. The maximum atomic E-state index is 14.1. The molecule has 3 N–H and O–H groups in total. The Balaban J connectivity index is 1.11. The fourth-order valence-corrected chi connectivity index (χ4v) is 14.8. The van der Waals surface area contributed by atoms with Crippen LogP contribution >= 0.6 is 7.49 Å². The van der Waals surface area contributed by atoms with E-state index in [4.69, 9.17) is 4.52 Å². The highest BCUT2D eigenvalue weighted by atomic mass is 31.2. The van der Waals surface area contributed by atoms with E-state index in [-0.39, 0.29) is 58.6 Å². The van der Waals surface area contributed by atoms with Gasteiger partial charge in [-0.15, -0.1) is 0 Å². The summed E-state index contributed by atoms with van der Waals surface area (Å²) in [4.78, 5) is 14.1. The third-order valence-electron chi connectivity index (χ3n) is 13.9. The largest absolute Gasteiger partial charge is 0.393 e. The van der Waals surface area contributed by atoms with Crippen molar-refractivity contribution < 1.29 is 24.6 Å². The third kappa shape index (κ3) is 5.58. The van der Waals surface area contributed by atoms with Crippen molar-refractivity contribution in [1.29, 1.82) is 0 Å². The van der Waals surface area contributed by atoms with Gasteiger partial charge in [0.25, 0.3) is 7.49 Å². The summed E-state index contributed by atoms with van der Waals surface area (Å²) in [6, 6.07) is 30.6. The van der Waals surface area contributed by atoms with Crippen molar-refractivity contribution in [2.45, 2.75) is 96.9 Å². The minimum atomic E-state index is -2.72. The van der Waals surface area contributed by atoms with Gasteiger partial charge in [-0.1, -0.05) is 75.4 Å². The van der Waals surface area contributed by atoms with Crippen LogP contribution in [0.2, 0.25) is 0 Å². The standard InChI is InChI=1S/C42H54O5P/c1-28(34-20-21-35-40-36(27-38(45)42(34,35)3)41(2)24-23-30(43)25-29(41)26-37(40)44)19-22-39(46)47-48(31-13-7-4-8-14-31,32-15-9-5-10-16-32)33-17-11-6-12-18-33/h4-18,28-30,34-38,40,43-45H,19-27H2,1-3H3/q+1. The molecule has 0 radical (unpaired) electrons. The number of aliphatic hydroxyl groups excluding tert-OH is 3. The van der Waals surface area contributed by atoms with Gasteiger partial charge < -0.3 is 15.3 Å². The number of hydrogen-bond donors (Lipinski definition) is 3. The molecule has 4 aliphatic rings. The molecule has 0 saturated heterocycles. The van der Waals surface area contributed by atoms with Crippen LogP contribution in [0.5, 0.6) is 0 Å². The quantitative estimate of drug-likeness (QED) is 0.230. The zero-order valence-corrected chi connectivity index (χ0v) is 29.7. The summed E-state index contributed by atoms with van der Waals surface area (Å²) in [5.41, 5.74) is -0.234. The predicted octanol–water partition coefficient (Wildman–Crippen LogP) is 6.82. The summed E-state index contributed by atoms with van der Waals surface area (Å²) < 4.78 is 6.79. The minimum absolute atomic E-state index is 0.0603. The molecule has 3 aromatic carbocycles. The zero-order chi connectivity index (χ0) is 33.7. The smallest absolute Gasteiger partial charge is 0.351 e. The molecule has 4 aliphatic carbocycles. The summed E-state index contributed by atoms with van der Waals surface area (Å²) in [5.74, 6) is 1.36. The molecule has 3 aromatic rings. The summed E-state index contributed by atoms with van der Waals surface area (Å²) in [6.45, 7) is 6.93. The molecule has 4 fully saturated rings. The van der Waals surface area contributed by atoms with Crippen molar-refractivity contribution in [2.24, 2.45) is 46.3 Å². The maximum Gasteiger partial charge on any atom is 0.351 e. The molecule has 7 rings (SSSR count). The molecule has 0 aromatic heterocycles. The molecular formula is C42H54O5P+. The number of carbonyl (C=O) groups is 1. The Morgan fingerprint density at radius 1 is 0.792 bits per heavy atom. The average molecular weight is 670 g/mol. The molecule has 0 bridgehead atoms. The van der Waals surface area contributed by atoms with Gasteiger partial charge in [-0.05, 0) is 134 Å². The van der Waals surface area contributed by atoms with E-state index in [1.807, 2.05) is 54.6 Å². The number of aliphatic hydroxyl groups is 3. The van der Waals surface area contributed by atoms with Gasteiger partial charge in [-0.2, -0.15) is 0 Å². The van der Waals surface area contributed by atoms with Crippen LogP contribution in [0, 0.1) is 46.3 Å². The lowest BCUT2D eigenvalue weighted by molar-refractivity contribution is -0.207. The Morgan fingerprint density at radius 3 is 1.92 bits per heavy atom. The van der Waals surface area contributed by atoms with Crippen LogP contribution in [-0.2, 0) is 9.32 Å². The van der Waals surface area contributed by atoms with Crippen LogP contribution in [0.1, 0.15) is 78.6 Å². The lowest BCUT2D eigenvalue weighted by Crippen LogP contribution is -2.62. The van der Waals surface area contributed by atoms with E-state index in [9.17, 15) is 20.1 Å². The molecule has 0 aliphatic heterocycles. The van der Waals surface area contributed by atoms with Gasteiger partial charge in [-0.25, -0.2) is 4.79 Å². The second kappa shape index (κ2) is 13.3. The van der Waals surface area contributed by atoms with Gasteiger partial charge in [0.15, 0.2) is 0 Å². The Morgan fingerprint density at radius 2 is 1.35 bits per heavy atom. The van der Waals surface area contributed by atoms with E-state index in [1.54, 1.807) is 0 Å². The molecule has 11 unspecified atom stereocenters. The molecule has 6 heteroatoms. The van der Waals surface area contributed by atoms with E-state index in [2.05, 4.69) is 57.2 Å². The van der Waals surface area contributed by atoms with Gasteiger partial charge in [-0.3, -0.25) is 4.52 Å². The lowest BCUT2D eigenvalue weighted by atomic mass is 9.43. The first kappa shape index (κ1) is 33.9. The molecule has 48 heavy (non-hydrogen) atoms. The Labute approximate surface area is 287 Å². The Kier molecular flexibility index (Phi) is 9.39. The number of carbonyl (C=O) groups excluding carboxylic acids is 1. The van der Waals surface area contributed by atoms with Crippen molar-refractivity contribution in [1.82, 2.24) is 0 Å². The molecule has 11 atom stereocenters. The molecule has 0 spiro atoms. The maximum absolute atomic E-state index is 14.1. The van der Waals surface area contributed by atoms with Crippen molar-refractivity contribution in [2.75, 3.05) is 0 Å². The third-order valence-corrected chi connectivity index (χ3v) is 17.5. The van der Waals surface area contributed by atoms with E-state index in [0.717, 1.165) is 60.9 Å². The van der Waals surface area contributed by atoms with Crippen LogP contribution in [-0.4, -0.2) is 39.6 Å². The first-order chi connectivity index (χ1) is 23.1. The Bertz CT molecular complexity index is 1450. The van der Waals surface area contributed by atoms with Crippen molar-refractivity contribution in [3.05, 3.63) is 91.0 Å². The lowest BCUT2D eigenvalue weighted by Gasteiger charge is -2.63. The first-order valence-corrected chi connectivity index (χ1v) is 20.1. The van der Waals surface area contributed by atoms with Crippen molar-refractivity contribution in [3.63, 3.8) is 0 Å². The highest BCUT2D eigenvalue weighted by molar-refractivity contribution is 7.92. The van der Waals surface area contributed by atoms with E-state index in [1.165, 1.54) is 0 Å². The van der Waals surface area contributed by atoms with Gasteiger partial charge in [0.05, 0.1) is 24.7 Å². The van der Waals surface area contributed by atoms with Gasteiger partial charge in [0, 0.05) is 0 Å². The van der Waals surface area contributed by atoms with E-state index < -0.39 is 13.6 Å². The normalized spacial score (nSPS) is 36.7. The van der Waals surface area contributed by atoms with Crippen LogP contribution in [0.3, 0.4) is 0 Å². The van der Waals surface area contributed by atoms with Crippen molar-refractivity contribution in [3.8, 4) is 0 Å². The fraction of sp³-hybridized carbons (Fsp3) is 0.548. The summed E-state index contributed by atoms with van der Waals surface area (Å²) in [7, 11) is -2.72. The molecule has 0 heterocycles. The van der Waals surface area contributed by atoms with Gasteiger partial charge in [0.2, 0.25) is 0 Å². The SMILES string of the molecule is CC(CCC(=O)O[P+](c1ccccc1)(c1ccccc1)c1ccccc1)C1CCC2C3C(O)CC4CC(O)CCC4(C)C3CC(O)C12C. The number of fused-ring (bicyclic) bond motifs is 5. The second-order valence-corrected chi connectivity index (χ2v) is 19.1. The average Bonchev–Trinajstić information content (AvgIpc) is 3.47. The van der Waals surface area contributed by atoms with Crippen LogP contribution in [0.4, 0.5) is 0 Å². The zero-order valence-electron chi connectivity index (χ0n) is 28.8. The van der Waals surface area contributed by atoms with Crippen LogP contribution in [0.25, 0.3) is 0 Å². The fourth-order valence-electron chi connectivity index (χ4n) is 11.4.